The predicted octanol–water partition coefficient (Wildman–Crippen LogP) is 4.17. The van der Waals surface area contributed by atoms with Crippen molar-refractivity contribution in [3.63, 3.8) is 0 Å². The fourth-order valence-corrected chi connectivity index (χ4v) is 2.95. The third-order valence-corrected chi connectivity index (χ3v) is 4.33. The molecule has 0 aromatic heterocycles. The highest BCUT2D eigenvalue weighted by Gasteiger charge is 2.23. The van der Waals surface area contributed by atoms with Crippen LogP contribution >= 0.6 is 15.9 Å². The lowest BCUT2D eigenvalue weighted by Crippen LogP contribution is -2.25. The Balaban J connectivity index is 1.88. The van der Waals surface area contributed by atoms with Gasteiger partial charge in [-0.25, -0.2) is 0 Å². The Morgan fingerprint density at radius 3 is 2.68 bits per heavy atom. The van der Waals surface area contributed by atoms with E-state index in [-0.39, 0.29) is 0 Å². The third-order valence-electron chi connectivity index (χ3n) is 3.71. The smallest absolute Gasteiger partial charge is 0.133 e. The van der Waals surface area contributed by atoms with Gasteiger partial charge in [-0.15, -0.1) is 0 Å². The van der Waals surface area contributed by atoms with E-state index in [1.165, 1.54) is 24.8 Å². The first-order chi connectivity index (χ1) is 9.00. The van der Waals surface area contributed by atoms with Crippen molar-refractivity contribution in [2.24, 2.45) is 5.41 Å². The van der Waals surface area contributed by atoms with Crippen molar-refractivity contribution in [1.29, 1.82) is 0 Å². The molecule has 1 fully saturated rings. The lowest BCUT2D eigenvalue weighted by Gasteiger charge is -2.25. The van der Waals surface area contributed by atoms with E-state index in [0.29, 0.717) is 5.41 Å². The molecule has 0 aliphatic heterocycles. The average molecular weight is 326 g/mol. The number of halogens is 1. The lowest BCUT2D eigenvalue weighted by molar-refractivity contribution is 0.324. The van der Waals surface area contributed by atoms with Crippen LogP contribution in [0.1, 0.15) is 38.7 Å². The van der Waals surface area contributed by atoms with Gasteiger partial charge in [0.05, 0.1) is 11.6 Å². The summed E-state index contributed by atoms with van der Waals surface area (Å²) in [5, 5.41) is 3.60. The number of methoxy groups -OCH3 is 1. The second kappa shape index (κ2) is 6.27. The standard InChI is InChI=1S/C16H24BrNO/c1-16(2,8-9-18-13-5-6-13)11-12-4-7-15(19-3)14(17)10-12/h4,7,10,13,18H,5-6,8-9,11H2,1-3H3. The van der Waals surface area contributed by atoms with E-state index in [9.17, 15) is 0 Å². The van der Waals surface area contributed by atoms with Crippen LogP contribution in [0.5, 0.6) is 5.75 Å². The van der Waals surface area contributed by atoms with Gasteiger partial charge in [0.2, 0.25) is 0 Å². The predicted molar refractivity (Wildman–Crippen MR) is 83.8 cm³/mol. The Hall–Kier alpha value is -0.540. The molecule has 0 bridgehead atoms. The molecule has 0 unspecified atom stereocenters. The maximum absolute atomic E-state index is 5.27. The first-order valence-corrected chi connectivity index (χ1v) is 7.85. The van der Waals surface area contributed by atoms with Crippen LogP contribution in [0.25, 0.3) is 0 Å². The van der Waals surface area contributed by atoms with Crippen LogP contribution in [-0.2, 0) is 6.42 Å². The molecule has 0 heterocycles. The van der Waals surface area contributed by atoms with Crippen molar-refractivity contribution in [3.8, 4) is 5.75 Å². The van der Waals surface area contributed by atoms with Crippen molar-refractivity contribution in [2.45, 2.75) is 45.6 Å². The van der Waals surface area contributed by atoms with E-state index in [1.807, 2.05) is 6.07 Å². The highest BCUT2D eigenvalue weighted by molar-refractivity contribution is 9.10. The largest absolute Gasteiger partial charge is 0.496 e. The van der Waals surface area contributed by atoms with Gasteiger partial charge in [-0.1, -0.05) is 19.9 Å². The molecule has 2 nitrogen and oxygen atoms in total. The van der Waals surface area contributed by atoms with E-state index in [1.54, 1.807) is 7.11 Å². The molecule has 3 heteroatoms. The zero-order chi connectivity index (χ0) is 13.9. The van der Waals surface area contributed by atoms with Crippen LogP contribution in [0.3, 0.4) is 0 Å². The molecule has 0 spiro atoms. The van der Waals surface area contributed by atoms with E-state index >= 15 is 0 Å². The van der Waals surface area contributed by atoms with Gasteiger partial charge in [0.1, 0.15) is 5.75 Å². The fraction of sp³-hybridized carbons (Fsp3) is 0.625. The quantitative estimate of drug-likeness (QED) is 0.812. The molecule has 1 aliphatic rings. The van der Waals surface area contributed by atoms with Crippen molar-refractivity contribution < 1.29 is 4.74 Å². The van der Waals surface area contributed by atoms with Gasteiger partial charge < -0.3 is 10.1 Å². The van der Waals surface area contributed by atoms with Crippen molar-refractivity contribution in [1.82, 2.24) is 5.32 Å². The summed E-state index contributed by atoms with van der Waals surface area (Å²) in [5.74, 6) is 0.900. The number of hydrogen-bond donors (Lipinski definition) is 1. The third kappa shape index (κ3) is 4.81. The van der Waals surface area contributed by atoms with Gasteiger partial charge in [0.15, 0.2) is 0 Å². The summed E-state index contributed by atoms with van der Waals surface area (Å²) in [6, 6.07) is 7.19. The van der Waals surface area contributed by atoms with Crippen LogP contribution in [0.2, 0.25) is 0 Å². The molecule has 19 heavy (non-hydrogen) atoms. The van der Waals surface area contributed by atoms with Gasteiger partial charge in [-0.2, -0.15) is 0 Å². The van der Waals surface area contributed by atoms with Crippen LogP contribution in [-0.4, -0.2) is 19.7 Å². The molecule has 0 atom stereocenters. The minimum atomic E-state index is 0.329. The van der Waals surface area contributed by atoms with Crippen molar-refractivity contribution in [2.75, 3.05) is 13.7 Å². The number of benzene rings is 1. The van der Waals surface area contributed by atoms with E-state index in [0.717, 1.165) is 29.2 Å². The summed E-state index contributed by atoms with van der Waals surface area (Å²) in [5.41, 5.74) is 1.69. The molecular formula is C16H24BrNO. The molecule has 1 aliphatic carbocycles. The van der Waals surface area contributed by atoms with E-state index in [2.05, 4.69) is 47.2 Å². The van der Waals surface area contributed by atoms with E-state index < -0.39 is 0 Å². The first kappa shape index (κ1) is 14.9. The first-order valence-electron chi connectivity index (χ1n) is 7.06. The van der Waals surface area contributed by atoms with Crippen molar-refractivity contribution in [3.05, 3.63) is 28.2 Å². The van der Waals surface area contributed by atoms with Gasteiger partial charge in [0, 0.05) is 6.04 Å². The average Bonchev–Trinajstić information content (AvgIpc) is 3.12. The summed E-state index contributed by atoms with van der Waals surface area (Å²) in [7, 11) is 1.70. The Bertz CT molecular complexity index is 427. The Morgan fingerprint density at radius 2 is 2.11 bits per heavy atom. The van der Waals surface area contributed by atoms with Gasteiger partial charge in [-0.05, 0) is 71.3 Å². The monoisotopic (exact) mass is 325 g/mol. The molecule has 0 amide bonds. The topological polar surface area (TPSA) is 21.3 Å². The maximum Gasteiger partial charge on any atom is 0.133 e. The summed E-state index contributed by atoms with van der Waals surface area (Å²) < 4.78 is 6.31. The van der Waals surface area contributed by atoms with Crippen LogP contribution in [0.15, 0.2) is 22.7 Å². The summed E-state index contributed by atoms with van der Waals surface area (Å²) >= 11 is 3.56. The highest BCUT2D eigenvalue weighted by atomic mass is 79.9. The summed E-state index contributed by atoms with van der Waals surface area (Å²) in [6.45, 7) is 5.83. The normalized spacial score (nSPS) is 15.6. The molecule has 0 saturated heterocycles. The van der Waals surface area contributed by atoms with E-state index in [4.69, 9.17) is 4.74 Å². The molecular weight excluding hydrogens is 302 g/mol. The summed E-state index contributed by atoms with van der Waals surface area (Å²) in [6.07, 6.45) is 5.05. The zero-order valence-corrected chi connectivity index (χ0v) is 13.7. The second-order valence-corrected chi connectivity index (χ2v) is 7.14. The Labute approximate surface area is 125 Å². The zero-order valence-electron chi connectivity index (χ0n) is 12.1. The molecule has 2 rings (SSSR count). The number of rotatable bonds is 7. The highest BCUT2D eigenvalue weighted by Crippen LogP contribution is 2.31. The lowest BCUT2D eigenvalue weighted by atomic mass is 9.82. The maximum atomic E-state index is 5.27. The van der Waals surface area contributed by atoms with Gasteiger partial charge in [-0.3, -0.25) is 0 Å². The van der Waals surface area contributed by atoms with Gasteiger partial charge >= 0.3 is 0 Å². The molecule has 106 valence electrons. The molecule has 1 N–H and O–H groups in total. The van der Waals surface area contributed by atoms with Crippen molar-refractivity contribution >= 4 is 15.9 Å². The second-order valence-electron chi connectivity index (χ2n) is 6.29. The number of hydrogen-bond acceptors (Lipinski definition) is 2. The Morgan fingerprint density at radius 1 is 1.37 bits per heavy atom. The molecule has 1 aromatic rings. The number of ether oxygens (including phenoxy) is 1. The molecule has 1 aromatic carbocycles. The molecule has 1 saturated carbocycles. The van der Waals surface area contributed by atoms with Crippen LogP contribution in [0, 0.1) is 5.41 Å². The SMILES string of the molecule is COc1ccc(CC(C)(C)CCNC2CC2)cc1Br. The Kier molecular flexibility index (Phi) is 4.91. The van der Waals surface area contributed by atoms with Crippen LogP contribution in [0.4, 0.5) is 0 Å². The summed E-state index contributed by atoms with van der Waals surface area (Å²) in [4.78, 5) is 0. The fourth-order valence-electron chi connectivity index (χ4n) is 2.36. The minimum Gasteiger partial charge on any atom is -0.496 e. The molecule has 0 radical (unpaired) electrons. The van der Waals surface area contributed by atoms with Gasteiger partial charge in [0.25, 0.3) is 0 Å². The van der Waals surface area contributed by atoms with Crippen LogP contribution < -0.4 is 10.1 Å². The minimum absolute atomic E-state index is 0.329. The number of nitrogens with one attached hydrogen (secondary N) is 1.